The van der Waals surface area contributed by atoms with E-state index in [2.05, 4.69) is 51.7 Å². The zero-order valence-electron chi connectivity index (χ0n) is 18.2. The Morgan fingerprint density at radius 3 is 2.32 bits per heavy atom. The molecule has 2 heterocycles. The molecule has 6 heteroatoms. The molecule has 2 N–H and O–H groups in total. The lowest BCUT2D eigenvalue weighted by atomic mass is 9.94. The first-order chi connectivity index (χ1) is 15.1. The molecule has 6 nitrogen and oxygen atoms in total. The van der Waals surface area contributed by atoms with Gasteiger partial charge in [-0.15, -0.1) is 0 Å². The normalized spacial score (nSPS) is 13.7. The van der Waals surface area contributed by atoms with Gasteiger partial charge in [-0.05, 0) is 47.9 Å². The second-order valence-electron chi connectivity index (χ2n) is 7.64. The van der Waals surface area contributed by atoms with E-state index in [1.807, 2.05) is 24.5 Å². The molecule has 160 valence electrons. The average molecular weight is 417 g/mol. The van der Waals surface area contributed by atoms with E-state index in [9.17, 15) is 4.79 Å². The van der Waals surface area contributed by atoms with Crippen LogP contribution in [0.15, 0.2) is 54.9 Å². The van der Waals surface area contributed by atoms with E-state index in [0.717, 1.165) is 54.0 Å². The van der Waals surface area contributed by atoms with Crippen LogP contribution in [0.25, 0.3) is 22.3 Å². The van der Waals surface area contributed by atoms with Crippen molar-refractivity contribution in [2.45, 2.75) is 6.92 Å². The minimum Gasteiger partial charge on any atom is -0.496 e. The van der Waals surface area contributed by atoms with Gasteiger partial charge < -0.3 is 20.3 Å². The Bertz CT molecular complexity index is 1070. The van der Waals surface area contributed by atoms with E-state index in [-0.39, 0.29) is 5.91 Å². The first-order valence-corrected chi connectivity index (χ1v) is 10.5. The quantitative estimate of drug-likeness (QED) is 0.666. The summed E-state index contributed by atoms with van der Waals surface area (Å²) < 4.78 is 5.47. The van der Waals surface area contributed by atoms with Crippen LogP contribution >= 0.6 is 0 Å². The minimum atomic E-state index is -0.170. The maximum atomic E-state index is 12.1. The van der Waals surface area contributed by atoms with Crippen molar-refractivity contribution in [1.82, 2.24) is 15.6 Å². The number of piperazine rings is 1. The van der Waals surface area contributed by atoms with Crippen molar-refractivity contribution in [1.29, 1.82) is 0 Å². The second-order valence-corrected chi connectivity index (χ2v) is 7.64. The number of aromatic nitrogens is 1. The number of pyridine rings is 1. The van der Waals surface area contributed by atoms with Crippen LogP contribution in [0.4, 0.5) is 5.69 Å². The predicted molar refractivity (Wildman–Crippen MR) is 125 cm³/mol. The first-order valence-electron chi connectivity index (χ1n) is 10.5. The summed E-state index contributed by atoms with van der Waals surface area (Å²) in [5.41, 5.74) is 7.12. The number of methoxy groups -OCH3 is 1. The molecule has 1 amide bonds. The smallest absolute Gasteiger partial charge is 0.254 e. The van der Waals surface area contributed by atoms with E-state index in [1.165, 1.54) is 5.69 Å². The van der Waals surface area contributed by atoms with Gasteiger partial charge in [0.05, 0.1) is 12.7 Å². The number of benzene rings is 2. The standard InChI is InChI=1S/C25H28N4O2/c1-17-22(18-4-7-20(8-5-18)29-12-10-27-11-13-29)15-28-16-23(17)19-6-9-21(25(30)26-2)24(14-19)31-3/h4-9,14-16,27H,10-13H2,1-3H3,(H,26,30). The van der Waals surface area contributed by atoms with E-state index < -0.39 is 0 Å². The summed E-state index contributed by atoms with van der Waals surface area (Å²) in [5, 5.41) is 6.04. The summed E-state index contributed by atoms with van der Waals surface area (Å²) in [7, 11) is 3.19. The first kappa shape index (κ1) is 20.9. The third-order valence-electron chi connectivity index (χ3n) is 5.86. The average Bonchev–Trinajstić information content (AvgIpc) is 2.84. The molecule has 1 aliphatic rings. The Labute approximate surface area is 183 Å². The van der Waals surface area contributed by atoms with Crippen LogP contribution in [0.5, 0.6) is 5.75 Å². The summed E-state index contributed by atoms with van der Waals surface area (Å²) in [6.45, 7) is 6.21. The lowest BCUT2D eigenvalue weighted by Gasteiger charge is -2.29. The van der Waals surface area contributed by atoms with Gasteiger partial charge in [0.2, 0.25) is 0 Å². The number of anilines is 1. The number of nitrogens with zero attached hydrogens (tertiary/aromatic N) is 2. The molecule has 1 fully saturated rings. The Kier molecular flexibility index (Phi) is 6.18. The lowest BCUT2D eigenvalue weighted by Crippen LogP contribution is -2.43. The highest BCUT2D eigenvalue weighted by Gasteiger charge is 2.15. The summed E-state index contributed by atoms with van der Waals surface area (Å²) in [5.74, 6) is 0.374. The molecule has 4 rings (SSSR count). The summed E-state index contributed by atoms with van der Waals surface area (Å²) in [6, 6.07) is 14.3. The van der Waals surface area contributed by atoms with Crippen molar-refractivity contribution in [2.75, 3.05) is 45.2 Å². The zero-order valence-corrected chi connectivity index (χ0v) is 18.2. The molecule has 0 radical (unpaired) electrons. The number of hydrogen-bond acceptors (Lipinski definition) is 5. The van der Waals surface area contributed by atoms with Crippen molar-refractivity contribution in [2.24, 2.45) is 0 Å². The van der Waals surface area contributed by atoms with Gasteiger partial charge in [-0.1, -0.05) is 18.2 Å². The largest absolute Gasteiger partial charge is 0.496 e. The highest BCUT2D eigenvalue weighted by Crippen LogP contribution is 2.34. The SMILES string of the molecule is CNC(=O)c1ccc(-c2cncc(-c3ccc(N4CCNCC4)cc3)c2C)cc1OC. The van der Waals surface area contributed by atoms with E-state index in [0.29, 0.717) is 11.3 Å². The third kappa shape index (κ3) is 4.25. The van der Waals surface area contributed by atoms with Gasteiger partial charge in [-0.25, -0.2) is 0 Å². The predicted octanol–water partition coefficient (Wildman–Crippen LogP) is 3.50. The van der Waals surface area contributed by atoms with Crippen LogP contribution in [0.2, 0.25) is 0 Å². The lowest BCUT2D eigenvalue weighted by molar-refractivity contribution is 0.0960. The van der Waals surface area contributed by atoms with Crippen molar-refractivity contribution >= 4 is 11.6 Å². The minimum absolute atomic E-state index is 0.170. The van der Waals surface area contributed by atoms with Crippen LogP contribution in [-0.2, 0) is 0 Å². The molecule has 3 aromatic rings. The van der Waals surface area contributed by atoms with Gasteiger partial charge in [-0.3, -0.25) is 9.78 Å². The maximum Gasteiger partial charge on any atom is 0.254 e. The molecule has 1 aliphatic heterocycles. The molecular weight excluding hydrogens is 388 g/mol. The molecule has 0 bridgehead atoms. The molecule has 0 saturated carbocycles. The highest BCUT2D eigenvalue weighted by molar-refractivity contribution is 5.97. The molecule has 1 saturated heterocycles. The van der Waals surface area contributed by atoms with Gasteiger partial charge in [0.15, 0.2) is 0 Å². The fraction of sp³-hybridized carbons (Fsp3) is 0.280. The Morgan fingerprint density at radius 2 is 1.68 bits per heavy atom. The summed E-state index contributed by atoms with van der Waals surface area (Å²) in [6.07, 6.45) is 3.77. The number of ether oxygens (including phenoxy) is 1. The number of nitrogens with one attached hydrogen (secondary N) is 2. The van der Waals surface area contributed by atoms with Crippen molar-refractivity contribution < 1.29 is 9.53 Å². The number of hydrogen-bond donors (Lipinski definition) is 2. The Balaban J connectivity index is 1.66. The highest BCUT2D eigenvalue weighted by atomic mass is 16.5. The topological polar surface area (TPSA) is 66.5 Å². The molecule has 0 atom stereocenters. The number of carbonyl (C=O) groups excluding carboxylic acids is 1. The van der Waals surface area contributed by atoms with Crippen LogP contribution in [0, 0.1) is 6.92 Å². The molecular formula is C25H28N4O2. The second kappa shape index (κ2) is 9.18. The fourth-order valence-electron chi connectivity index (χ4n) is 4.06. The van der Waals surface area contributed by atoms with E-state index in [4.69, 9.17) is 4.74 Å². The molecule has 0 aliphatic carbocycles. The van der Waals surface area contributed by atoms with E-state index >= 15 is 0 Å². The van der Waals surface area contributed by atoms with Crippen molar-refractivity contribution in [3.63, 3.8) is 0 Å². The summed E-state index contributed by atoms with van der Waals surface area (Å²) in [4.78, 5) is 19.0. The third-order valence-corrected chi connectivity index (χ3v) is 5.86. The Morgan fingerprint density at radius 1 is 1.03 bits per heavy atom. The van der Waals surface area contributed by atoms with Crippen LogP contribution in [-0.4, -0.2) is 51.2 Å². The fourth-order valence-corrected chi connectivity index (χ4v) is 4.06. The van der Waals surface area contributed by atoms with Crippen LogP contribution < -0.4 is 20.3 Å². The van der Waals surface area contributed by atoms with Crippen molar-refractivity contribution in [3.8, 4) is 28.0 Å². The molecule has 1 aromatic heterocycles. The number of amides is 1. The zero-order chi connectivity index (χ0) is 21.8. The monoisotopic (exact) mass is 416 g/mol. The Hall–Kier alpha value is -3.38. The molecule has 31 heavy (non-hydrogen) atoms. The van der Waals surface area contributed by atoms with Crippen LogP contribution in [0.1, 0.15) is 15.9 Å². The number of rotatable bonds is 5. The van der Waals surface area contributed by atoms with Gasteiger partial charge >= 0.3 is 0 Å². The van der Waals surface area contributed by atoms with Gasteiger partial charge in [0.1, 0.15) is 5.75 Å². The molecule has 2 aromatic carbocycles. The van der Waals surface area contributed by atoms with Crippen LogP contribution in [0.3, 0.4) is 0 Å². The van der Waals surface area contributed by atoms with Gasteiger partial charge in [-0.2, -0.15) is 0 Å². The molecule has 0 unspecified atom stereocenters. The maximum absolute atomic E-state index is 12.1. The van der Waals surface area contributed by atoms with Gasteiger partial charge in [0.25, 0.3) is 5.91 Å². The number of carbonyl (C=O) groups is 1. The van der Waals surface area contributed by atoms with E-state index in [1.54, 1.807) is 20.2 Å². The molecule has 0 spiro atoms. The summed E-state index contributed by atoms with van der Waals surface area (Å²) >= 11 is 0. The van der Waals surface area contributed by atoms with Crippen molar-refractivity contribution in [3.05, 3.63) is 66.0 Å². The van der Waals surface area contributed by atoms with Gasteiger partial charge in [0, 0.05) is 62.4 Å².